The van der Waals surface area contributed by atoms with Crippen molar-refractivity contribution < 1.29 is 17.9 Å². The molecule has 0 bridgehead atoms. The Labute approximate surface area is 104 Å². The van der Waals surface area contributed by atoms with Gasteiger partial charge >= 0.3 is 6.09 Å². The normalized spacial score (nSPS) is 11.5. The number of nitrogens with two attached hydrogens (primary N) is 1. The van der Waals surface area contributed by atoms with Crippen LogP contribution in [0.2, 0.25) is 0 Å². The number of thiophene rings is 1. The van der Waals surface area contributed by atoms with E-state index in [1.807, 2.05) is 0 Å². The third-order valence-corrected chi connectivity index (χ3v) is 4.19. The highest BCUT2D eigenvalue weighted by Crippen LogP contribution is 2.19. The van der Waals surface area contributed by atoms with Crippen molar-refractivity contribution in [3.63, 3.8) is 0 Å². The number of amides is 1. The van der Waals surface area contributed by atoms with Crippen molar-refractivity contribution >= 4 is 27.5 Å². The summed E-state index contributed by atoms with van der Waals surface area (Å²) in [7, 11) is -3.66. The molecule has 3 N–H and O–H groups in total. The molecule has 0 aliphatic heterocycles. The lowest BCUT2D eigenvalue weighted by molar-refractivity contribution is 0.115. The van der Waals surface area contributed by atoms with Crippen molar-refractivity contribution in [3.05, 3.63) is 17.0 Å². The van der Waals surface area contributed by atoms with Crippen molar-refractivity contribution in [3.8, 4) is 0 Å². The molecular weight excluding hydrogens is 264 g/mol. The van der Waals surface area contributed by atoms with Crippen LogP contribution in [-0.2, 0) is 21.3 Å². The third kappa shape index (κ3) is 4.72. The Morgan fingerprint density at radius 2 is 2.18 bits per heavy atom. The maximum Gasteiger partial charge on any atom is 0.407 e. The molecule has 0 aliphatic carbocycles. The predicted molar refractivity (Wildman–Crippen MR) is 64.1 cm³/mol. The number of hydrogen-bond acceptors (Lipinski definition) is 5. The topological polar surface area (TPSA) is 98.5 Å². The summed E-state index contributed by atoms with van der Waals surface area (Å²) in [5.41, 5.74) is 0. The summed E-state index contributed by atoms with van der Waals surface area (Å²) in [6.07, 6.45) is -0.733. The number of primary sulfonamides is 1. The fourth-order valence-corrected chi connectivity index (χ4v) is 2.74. The Morgan fingerprint density at radius 3 is 2.65 bits per heavy atom. The molecule has 8 heteroatoms. The van der Waals surface area contributed by atoms with Gasteiger partial charge in [-0.2, -0.15) is 0 Å². The van der Waals surface area contributed by atoms with E-state index in [9.17, 15) is 13.2 Å². The molecule has 6 nitrogen and oxygen atoms in total. The van der Waals surface area contributed by atoms with E-state index in [-0.39, 0.29) is 16.9 Å². The average molecular weight is 278 g/mol. The molecule has 0 saturated carbocycles. The van der Waals surface area contributed by atoms with Crippen molar-refractivity contribution in [2.45, 2.75) is 30.7 Å². The molecule has 0 saturated heterocycles. The van der Waals surface area contributed by atoms with E-state index in [0.29, 0.717) is 4.88 Å². The maximum absolute atomic E-state index is 11.2. The number of ether oxygens (including phenoxy) is 1. The molecule has 1 aromatic heterocycles. The molecule has 1 heterocycles. The summed E-state index contributed by atoms with van der Waals surface area (Å²) in [5, 5.41) is 7.47. The minimum absolute atomic E-state index is 0.0755. The zero-order valence-electron chi connectivity index (χ0n) is 9.47. The third-order valence-electron chi connectivity index (χ3n) is 1.67. The highest BCUT2D eigenvalue weighted by atomic mass is 32.2. The monoisotopic (exact) mass is 278 g/mol. The van der Waals surface area contributed by atoms with Gasteiger partial charge in [0.25, 0.3) is 0 Å². The van der Waals surface area contributed by atoms with Crippen LogP contribution in [-0.4, -0.2) is 20.6 Å². The fourth-order valence-electron chi connectivity index (χ4n) is 1.02. The molecular formula is C9H14N2O4S2. The van der Waals surface area contributed by atoms with Crippen LogP contribution in [0.3, 0.4) is 0 Å². The molecule has 0 aromatic carbocycles. The SMILES string of the molecule is CC(C)OC(=O)NCc1ccc(S(N)(=O)=O)s1. The second kappa shape index (κ2) is 5.48. The van der Waals surface area contributed by atoms with Crippen molar-refractivity contribution in [1.82, 2.24) is 5.32 Å². The number of sulfonamides is 1. The van der Waals surface area contributed by atoms with Gasteiger partial charge < -0.3 is 10.1 Å². The minimum Gasteiger partial charge on any atom is -0.447 e. The Kier molecular flexibility index (Phi) is 4.49. The molecule has 1 aromatic rings. The first-order valence-electron chi connectivity index (χ1n) is 4.85. The molecule has 17 heavy (non-hydrogen) atoms. The molecule has 0 radical (unpaired) electrons. The average Bonchev–Trinajstić information content (AvgIpc) is 2.61. The molecule has 1 amide bonds. The summed E-state index contributed by atoms with van der Waals surface area (Å²) in [6.45, 7) is 3.69. The zero-order chi connectivity index (χ0) is 13.1. The standard InChI is InChI=1S/C9H14N2O4S2/c1-6(2)15-9(12)11-5-7-3-4-8(16-7)17(10,13)14/h3-4,6H,5H2,1-2H3,(H,11,12)(H2,10,13,14). The van der Waals surface area contributed by atoms with Crippen LogP contribution in [0.15, 0.2) is 16.3 Å². The first kappa shape index (κ1) is 13.9. The first-order chi connectivity index (χ1) is 7.79. The summed E-state index contributed by atoms with van der Waals surface area (Å²) in [5.74, 6) is 0. The molecule has 0 unspecified atom stereocenters. The van der Waals surface area contributed by atoms with E-state index in [0.717, 1.165) is 11.3 Å². The number of carbonyl (C=O) groups excluding carboxylic acids is 1. The molecule has 0 atom stereocenters. The predicted octanol–water partition coefficient (Wildman–Crippen LogP) is 1.03. The maximum atomic E-state index is 11.2. The van der Waals surface area contributed by atoms with Crippen molar-refractivity contribution in [2.24, 2.45) is 5.14 Å². The fraction of sp³-hybridized carbons (Fsp3) is 0.444. The van der Waals surface area contributed by atoms with Crippen LogP contribution in [0.5, 0.6) is 0 Å². The smallest absolute Gasteiger partial charge is 0.407 e. The number of rotatable bonds is 4. The van der Waals surface area contributed by atoms with Crippen LogP contribution in [0.1, 0.15) is 18.7 Å². The van der Waals surface area contributed by atoms with E-state index in [2.05, 4.69) is 5.32 Å². The lowest BCUT2D eigenvalue weighted by Crippen LogP contribution is -2.25. The van der Waals surface area contributed by atoms with Gasteiger partial charge in [0, 0.05) is 4.88 Å². The van der Waals surface area contributed by atoms with E-state index < -0.39 is 16.1 Å². The molecule has 0 aliphatic rings. The summed E-state index contributed by atoms with van der Waals surface area (Å²) in [4.78, 5) is 11.8. The highest BCUT2D eigenvalue weighted by molar-refractivity contribution is 7.91. The Bertz CT molecular complexity index is 493. The van der Waals surface area contributed by atoms with Crippen LogP contribution in [0.25, 0.3) is 0 Å². The van der Waals surface area contributed by atoms with Crippen molar-refractivity contribution in [2.75, 3.05) is 0 Å². The molecule has 96 valence electrons. The Hall–Kier alpha value is -1.12. The van der Waals surface area contributed by atoms with Crippen molar-refractivity contribution in [1.29, 1.82) is 0 Å². The number of carbonyl (C=O) groups is 1. The second-order valence-corrected chi connectivity index (χ2v) is 6.53. The van der Waals surface area contributed by atoms with Gasteiger partial charge in [-0.05, 0) is 26.0 Å². The summed E-state index contributed by atoms with van der Waals surface area (Å²) in [6, 6.07) is 3.00. The van der Waals surface area contributed by atoms with Gasteiger partial charge in [0.15, 0.2) is 0 Å². The van der Waals surface area contributed by atoms with Crippen LogP contribution >= 0.6 is 11.3 Å². The van der Waals surface area contributed by atoms with Gasteiger partial charge in [-0.15, -0.1) is 11.3 Å². The van der Waals surface area contributed by atoms with Gasteiger partial charge in [-0.25, -0.2) is 18.4 Å². The van der Waals surface area contributed by atoms with E-state index in [1.165, 1.54) is 6.07 Å². The number of hydrogen-bond donors (Lipinski definition) is 2. The lowest BCUT2D eigenvalue weighted by Gasteiger charge is -2.08. The Balaban J connectivity index is 2.54. The lowest BCUT2D eigenvalue weighted by atomic mass is 10.5. The second-order valence-electron chi connectivity index (χ2n) is 3.57. The number of nitrogens with one attached hydrogen (secondary N) is 1. The largest absolute Gasteiger partial charge is 0.447 e. The van der Waals surface area contributed by atoms with Crippen LogP contribution < -0.4 is 10.5 Å². The molecule has 1 rings (SSSR count). The van der Waals surface area contributed by atoms with E-state index in [4.69, 9.17) is 9.88 Å². The summed E-state index contributed by atoms with van der Waals surface area (Å²) >= 11 is 1.02. The van der Waals surface area contributed by atoms with Gasteiger partial charge in [0.1, 0.15) is 4.21 Å². The number of alkyl carbamates (subject to hydrolysis) is 1. The highest BCUT2D eigenvalue weighted by Gasteiger charge is 2.12. The van der Waals surface area contributed by atoms with Gasteiger partial charge in [-0.1, -0.05) is 0 Å². The van der Waals surface area contributed by atoms with E-state index in [1.54, 1.807) is 19.9 Å². The molecule has 0 fully saturated rings. The van der Waals surface area contributed by atoms with Crippen LogP contribution in [0, 0.1) is 0 Å². The zero-order valence-corrected chi connectivity index (χ0v) is 11.1. The van der Waals surface area contributed by atoms with Gasteiger partial charge in [0.2, 0.25) is 10.0 Å². The van der Waals surface area contributed by atoms with Gasteiger partial charge in [0.05, 0.1) is 12.6 Å². The summed E-state index contributed by atoms with van der Waals surface area (Å²) < 4.78 is 26.9. The molecule has 0 spiro atoms. The van der Waals surface area contributed by atoms with Crippen LogP contribution in [0.4, 0.5) is 4.79 Å². The first-order valence-corrected chi connectivity index (χ1v) is 7.21. The minimum atomic E-state index is -3.66. The Morgan fingerprint density at radius 1 is 1.53 bits per heavy atom. The van der Waals surface area contributed by atoms with E-state index >= 15 is 0 Å². The quantitative estimate of drug-likeness (QED) is 0.859. The van der Waals surface area contributed by atoms with Gasteiger partial charge in [-0.3, -0.25) is 0 Å².